The number of nitrogens with one attached hydrogen (secondary N) is 1. The van der Waals surface area contributed by atoms with Gasteiger partial charge in [0.25, 0.3) is 0 Å². The van der Waals surface area contributed by atoms with Gasteiger partial charge < -0.3 is 10.1 Å². The smallest absolute Gasteiger partial charge is 0.337 e. The molecule has 0 bridgehead atoms. The summed E-state index contributed by atoms with van der Waals surface area (Å²) in [5, 5.41) is 3.51. The summed E-state index contributed by atoms with van der Waals surface area (Å²) in [6.07, 6.45) is 1.15. The first-order valence-electron chi connectivity index (χ1n) is 6.86. The molecule has 1 aromatic rings. The predicted molar refractivity (Wildman–Crippen MR) is 75.1 cm³/mol. The Morgan fingerprint density at radius 1 is 1.53 bits per heavy atom. The van der Waals surface area contributed by atoms with Crippen LogP contribution in [0.4, 0.5) is 0 Å². The largest absolute Gasteiger partial charge is 0.465 e. The molecule has 1 aliphatic rings. The Hall–Kier alpha value is -1.39. The minimum absolute atomic E-state index is 0.270. The molecule has 1 aromatic carbocycles. The highest BCUT2D eigenvalue weighted by Crippen LogP contribution is 2.11. The van der Waals surface area contributed by atoms with E-state index in [1.807, 2.05) is 12.1 Å². The fourth-order valence-corrected chi connectivity index (χ4v) is 2.48. The SMILES string of the molecule is CC[C@H]1CN(Cc2cccc(C(=O)OC)c2)CCN1. The molecular weight excluding hydrogens is 240 g/mol. The first kappa shape index (κ1) is 14.0. The van der Waals surface area contributed by atoms with Crippen molar-refractivity contribution in [2.24, 2.45) is 0 Å². The Labute approximate surface area is 114 Å². The van der Waals surface area contributed by atoms with Crippen LogP contribution in [-0.4, -0.2) is 43.7 Å². The lowest BCUT2D eigenvalue weighted by atomic mass is 10.1. The number of methoxy groups -OCH3 is 1. The maximum Gasteiger partial charge on any atom is 0.337 e. The highest BCUT2D eigenvalue weighted by Gasteiger charge is 2.18. The number of hydrogen-bond acceptors (Lipinski definition) is 4. The van der Waals surface area contributed by atoms with Crippen LogP contribution in [0.2, 0.25) is 0 Å². The summed E-state index contributed by atoms with van der Waals surface area (Å²) >= 11 is 0. The number of piperazine rings is 1. The van der Waals surface area contributed by atoms with E-state index in [-0.39, 0.29) is 5.97 Å². The summed E-state index contributed by atoms with van der Waals surface area (Å²) in [5.41, 5.74) is 1.79. The van der Waals surface area contributed by atoms with Gasteiger partial charge in [-0.1, -0.05) is 19.1 Å². The Bertz CT molecular complexity index is 434. The molecule has 1 heterocycles. The normalized spacial score (nSPS) is 20.2. The molecule has 1 saturated heterocycles. The van der Waals surface area contributed by atoms with E-state index in [2.05, 4.69) is 23.2 Å². The van der Waals surface area contributed by atoms with Crippen molar-refractivity contribution in [2.45, 2.75) is 25.9 Å². The van der Waals surface area contributed by atoms with Crippen LogP contribution in [0.5, 0.6) is 0 Å². The molecule has 0 saturated carbocycles. The summed E-state index contributed by atoms with van der Waals surface area (Å²) in [6.45, 7) is 6.26. The average molecular weight is 262 g/mol. The molecule has 4 nitrogen and oxygen atoms in total. The second kappa shape index (κ2) is 6.68. The quantitative estimate of drug-likeness (QED) is 0.838. The molecule has 1 N–H and O–H groups in total. The van der Waals surface area contributed by atoms with E-state index in [1.54, 1.807) is 6.07 Å². The third kappa shape index (κ3) is 3.78. The van der Waals surface area contributed by atoms with E-state index in [4.69, 9.17) is 4.74 Å². The van der Waals surface area contributed by atoms with E-state index in [9.17, 15) is 4.79 Å². The van der Waals surface area contributed by atoms with Crippen LogP contribution in [0.3, 0.4) is 0 Å². The standard InChI is InChI=1S/C15H22N2O2/c1-3-14-11-17(8-7-16-14)10-12-5-4-6-13(9-12)15(18)19-2/h4-6,9,14,16H,3,7-8,10-11H2,1-2H3/t14-/m0/s1. The van der Waals surface area contributed by atoms with E-state index < -0.39 is 0 Å². The summed E-state index contributed by atoms with van der Waals surface area (Å²) in [6, 6.07) is 8.28. The third-order valence-corrected chi connectivity index (χ3v) is 3.59. The fourth-order valence-electron chi connectivity index (χ4n) is 2.48. The fraction of sp³-hybridized carbons (Fsp3) is 0.533. The molecule has 1 fully saturated rings. The van der Waals surface area contributed by atoms with Crippen LogP contribution in [0.1, 0.15) is 29.3 Å². The molecule has 1 aliphatic heterocycles. The zero-order valence-electron chi connectivity index (χ0n) is 11.7. The van der Waals surface area contributed by atoms with Crippen LogP contribution in [0.15, 0.2) is 24.3 Å². The monoisotopic (exact) mass is 262 g/mol. The van der Waals surface area contributed by atoms with Crippen LogP contribution < -0.4 is 5.32 Å². The maximum absolute atomic E-state index is 11.5. The van der Waals surface area contributed by atoms with Gasteiger partial charge in [0.2, 0.25) is 0 Å². The van der Waals surface area contributed by atoms with Gasteiger partial charge in [0, 0.05) is 32.2 Å². The molecule has 4 heteroatoms. The molecule has 1 atom stereocenters. The lowest BCUT2D eigenvalue weighted by molar-refractivity contribution is 0.0600. The molecule has 0 radical (unpaired) electrons. The molecule has 0 aliphatic carbocycles. The van der Waals surface area contributed by atoms with Crippen LogP contribution in [0, 0.1) is 0 Å². The number of ether oxygens (including phenoxy) is 1. The van der Waals surface area contributed by atoms with Gasteiger partial charge in [-0.2, -0.15) is 0 Å². The van der Waals surface area contributed by atoms with Gasteiger partial charge in [-0.05, 0) is 24.1 Å². The zero-order valence-corrected chi connectivity index (χ0v) is 11.7. The summed E-state index contributed by atoms with van der Waals surface area (Å²) in [7, 11) is 1.41. The van der Waals surface area contributed by atoms with Crippen LogP contribution >= 0.6 is 0 Å². The molecule has 2 rings (SSSR count). The number of carbonyl (C=O) groups is 1. The van der Waals surface area contributed by atoms with Crippen molar-refractivity contribution in [2.75, 3.05) is 26.7 Å². The average Bonchev–Trinajstić information content (AvgIpc) is 2.47. The van der Waals surface area contributed by atoms with Crippen molar-refractivity contribution in [3.63, 3.8) is 0 Å². The molecule has 0 unspecified atom stereocenters. The van der Waals surface area contributed by atoms with Crippen LogP contribution in [0.25, 0.3) is 0 Å². The van der Waals surface area contributed by atoms with Gasteiger partial charge >= 0.3 is 5.97 Å². The molecule has 19 heavy (non-hydrogen) atoms. The number of benzene rings is 1. The zero-order chi connectivity index (χ0) is 13.7. The van der Waals surface area contributed by atoms with E-state index >= 15 is 0 Å². The topological polar surface area (TPSA) is 41.6 Å². The Morgan fingerprint density at radius 2 is 2.37 bits per heavy atom. The third-order valence-electron chi connectivity index (χ3n) is 3.59. The second-order valence-electron chi connectivity index (χ2n) is 4.99. The molecule has 104 valence electrons. The van der Waals surface area contributed by atoms with Crippen molar-refractivity contribution in [3.05, 3.63) is 35.4 Å². The summed E-state index contributed by atoms with van der Waals surface area (Å²) in [4.78, 5) is 13.9. The molecule has 0 aromatic heterocycles. The Balaban J connectivity index is 2.00. The molecule has 0 amide bonds. The Morgan fingerprint density at radius 3 is 3.11 bits per heavy atom. The number of hydrogen-bond donors (Lipinski definition) is 1. The Kier molecular flexibility index (Phi) is 4.93. The highest BCUT2D eigenvalue weighted by molar-refractivity contribution is 5.89. The minimum Gasteiger partial charge on any atom is -0.465 e. The number of rotatable bonds is 4. The minimum atomic E-state index is -0.270. The van der Waals surface area contributed by atoms with E-state index in [1.165, 1.54) is 12.7 Å². The van der Waals surface area contributed by atoms with Gasteiger partial charge in [0.1, 0.15) is 0 Å². The van der Waals surface area contributed by atoms with Gasteiger partial charge in [0.15, 0.2) is 0 Å². The number of esters is 1. The van der Waals surface area contributed by atoms with Crippen molar-refractivity contribution < 1.29 is 9.53 Å². The number of nitrogens with zero attached hydrogens (tertiary/aromatic N) is 1. The lowest BCUT2D eigenvalue weighted by Gasteiger charge is -2.33. The maximum atomic E-state index is 11.5. The van der Waals surface area contributed by atoms with E-state index in [0.29, 0.717) is 11.6 Å². The number of carbonyl (C=O) groups excluding carboxylic acids is 1. The summed E-state index contributed by atoms with van der Waals surface area (Å²) < 4.78 is 4.75. The van der Waals surface area contributed by atoms with Crippen molar-refractivity contribution in [3.8, 4) is 0 Å². The second-order valence-corrected chi connectivity index (χ2v) is 4.99. The van der Waals surface area contributed by atoms with Crippen molar-refractivity contribution >= 4 is 5.97 Å². The van der Waals surface area contributed by atoms with Crippen molar-refractivity contribution in [1.29, 1.82) is 0 Å². The van der Waals surface area contributed by atoms with Crippen LogP contribution in [-0.2, 0) is 11.3 Å². The first-order valence-corrected chi connectivity index (χ1v) is 6.86. The van der Waals surface area contributed by atoms with Gasteiger partial charge in [-0.3, -0.25) is 4.90 Å². The van der Waals surface area contributed by atoms with E-state index in [0.717, 1.165) is 32.6 Å². The van der Waals surface area contributed by atoms with Crippen molar-refractivity contribution in [1.82, 2.24) is 10.2 Å². The molecule has 0 spiro atoms. The van der Waals surface area contributed by atoms with Gasteiger partial charge in [-0.25, -0.2) is 4.79 Å². The molecular formula is C15H22N2O2. The lowest BCUT2D eigenvalue weighted by Crippen LogP contribution is -2.49. The van der Waals surface area contributed by atoms with Gasteiger partial charge in [-0.15, -0.1) is 0 Å². The van der Waals surface area contributed by atoms with Gasteiger partial charge in [0.05, 0.1) is 12.7 Å². The predicted octanol–water partition coefficient (Wildman–Crippen LogP) is 1.66. The highest BCUT2D eigenvalue weighted by atomic mass is 16.5. The summed E-state index contributed by atoms with van der Waals surface area (Å²) in [5.74, 6) is -0.270. The first-order chi connectivity index (χ1) is 9.22.